The van der Waals surface area contributed by atoms with Crippen LogP contribution in [0.5, 0.6) is 0 Å². The second kappa shape index (κ2) is 5.26. The molecule has 1 aromatic heterocycles. The largest absolute Gasteiger partial charge is 0.306 e. The number of rotatable bonds is 4. The van der Waals surface area contributed by atoms with Gasteiger partial charge in [0.15, 0.2) is 0 Å². The fraction of sp³-hybridized carbons (Fsp3) is 0.0909. The molecule has 0 radical (unpaired) electrons. The van der Waals surface area contributed by atoms with Crippen molar-refractivity contribution in [3.63, 3.8) is 0 Å². The quantitative estimate of drug-likeness (QED) is 0.630. The summed E-state index contributed by atoms with van der Waals surface area (Å²) in [6, 6.07) is 10.2. The second-order valence-electron chi connectivity index (χ2n) is 2.95. The summed E-state index contributed by atoms with van der Waals surface area (Å²) in [6.45, 7) is 0.739. The first-order chi connectivity index (χ1) is 7.45. The van der Waals surface area contributed by atoms with Crippen molar-refractivity contribution in [2.45, 2.75) is 6.54 Å². The minimum atomic E-state index is 0.739. The highest BCUT2D eigenvalue weighted by Crippen LogP contribution is 2.00. The van der Waals surface area contributed by atoms with Gasteiger partial charge in [-0.15, -0.1) is 11.3 Å². The van der Waals surface area contributed by atoms with Crippen LogP contribution in [0.3, 0.4) is 0 Å². The summed E-state index contributed by atoms with van der Waals surface area (Å²) in [4.78, 5) is 4.09. The van der Waals surface area contributed by atoms with E-state index in [1.54, 1.807) is 23.7 Å². The Morgan fingerprint density at radius 3 is 2.93 bits per heavy atom. The minimum absolute atomic E-state index is 0.739. The van der Waals surface area contributed by atoms with Gasteiger partial charge in [-0.3, -0.25) is 0 Å². The first kappa shape index (κ1) is 9.86. The van der Waals surface area contributed by atoms with E-state index in [1.165, 1.54) is 5.56 Å². The van der Waals surface area contributed by atoms with Gasteiger partial charge in [-0.05, 0) is 5.56 Å². The Kier molecular flexibility index (Phi) is 3.46. The molecule has 15 heavy (non-hydrogen) atoms. The lowest BCUT2D eigenvalue weighted by Crippen LogP contribution is -2.04. The minimum Gasteiger partial charge on any atom is -0.306 e. The van der Waals surface area contributed by atoms with Gasteiger partial charge in [0.25, 0.3) is 0 Å². The number of thiazole rings is 1. The molecule has 4 heteroatoms. The fourth-order valence-electron chi connectivity index (χ4n) is 1.13. The van der Waals surface area contributed by atoms with Crippen molar-refractivity contribution in [3.8, 4) is 0 Å². The number of nitrogens with zero attached hydrogens (tertiary/aromatic N) is 2. The molecule has 1 heterocycles. The maximum absolute atomic E-state index is 4.09. The Morgan fingerprint density at radius 2 is 2.20 bits per heavy atom. The van der Waals surface area contributed by atoms with Gasteiger partial charge in [0.1, 0.15) is 5.01 Å². The molecule has 0 unspecified atom stereocenters. The van der Waals surface area contributed by atoms with E-state index in [4.69, 9.17) is 0 Å². The van der Waals surface area contributed by atoms with Crippen molar-refractivity contribution in [2.75, 3.05) is 0 Å². The molecule has 0 aliphatic rings. The Bertz CT molecular complexity index is 409. The van der Waals surface area contributed by atoms with Crippen LogP contribution in [-0.4, -0.2) is 11.2 Å². The topological polar surface area (TPSA) is 37.3 Å². The molecule has 0 spiro atoms. The molecule has 0 bridgehead atoms. The molecule has 0 aliphatic heterocycles. The molecule has 0 atom stereocenters. The van der Waals surface area contributed by atoms with E-state index in [2.05, 4.69) is 27.6 Å². The lowest BCUT2D eigenvalue weighted by atomic mass is 10.2. The van der Waals surface area contributed by atoms with Crippen molar-refractivity contribution in [1.29, 1.82) is 0 Å². The summed E-state index contributed by atoms with van der Waals surface area (Å²) in [5, 5.41) is 6.92. The van der Waals surface area contributed by atoms with Crippen LogP contribution in [0.15, 0.2) is 47.0 Å². The molecule has 0 saturated carbocycles. The van der Waals surface area contributed by atoms with Gasteiger partial charge in [-0.1, -0.05) is 30.3 Å². The molecule has 3 nitrogen and oxygen atoms in total. The van der Waals surface area contributed by atoms with Crippen molar-refractivity contribution in [2.24, 2.45) is 5.10 Å². The van der Waals surface area contributed by atoms with Gasteiger partial charge < -0.3 is 5.43 Å². The average molecular weight is 217 g/mol. The predicted octanol–water partition coefficient (Wildman–Crippen LogP) is 2.27. The highest BCUT2D eigenvalue weighted by Gasteiger charge is 1.89. The number of nitrogens with one attached hydrogen (secondary N) is 1. The van der Waals surface area contributed by atoms with Gasteiger partial charge in [0.2, 0.25) is 0 Å². The molecule has 0 fully saturated rings. The van der Waals surface area contributed by atoms with E-state index in [9.17, 15) is 0 Å². The summed E-state index contributed by atoms with van der Waals surface area (Å²) in [5.41, 5.74) is 4.19. The third-order valence-electron chi connectivity index (χ3n) is 1.84. The monoisotopic (exact) mass is 217 g/mol. The zero-order chi connectivity index (χ0) is 10.3. The molecule has 1 N–H and O–H groups in total. The van der Waals surface area contributed by atoms with Gasteiger partial charge >= 0.3 is 0 Å². The lowest BCUT2D eigenvalue weighted by molar-refractivity contribution is 0.748. The smallest absolute Gasteiger partial charge is 0.136 e. The van der Waals surface area contributed by atoms with E-state index >= 15 is 0 Å². The highest BCUT2D eigenvalue weighted by molar-refractivity contribution is 7.11. The Morgan fingerprint density at radius 1 is 1.33 bits per heavy atom. The van der Waals surface area contributed by atoms with Gasteiger partial charge in [-0.25, -0.2) is 4.98 Å². The number of aromatic nitrogens is 1. The lowest BCUT2D eigenvalue weighted by Gasteiger charge is -1.98. The molecule has 0 saturated heterocycles. The van der Waals surface area contributed by atoms with Crippen molar-refractivity contribution >= 4 is 17.6 Å². The van der Waals surface area contributed by atoms with Crippen LogP contribution in [0.4, 0.5) is 0 Å². The van der Waals surface area contributed by atoms with E-state index in [0.717, 1.165) is 11.6 Å². The van der Waals surface area contributed by atoms with Crippen LogP contribution in [0.25, 0.3) is 0 Å². The van der Waals surface area contributed by atoms with Crippen LogP contribution in [0, 0.1) is 0 Å². The van der Waals surface area contributed by atoms with E-state index in [-0.39, 0.29) is 0 Å². The molecule has 2 rings (SSSR count). The van der Waals surface area contributed by atoms with Crippen molar-refractivity contribution < 1.29 is 0 Å². The summed E-state index contributed by atoms with van der Waals surface area (Å²) < 4.78 is 0. The number of hydrogen-bond acceptors (Lipinski definition) is 4. The zero-order valence-corrected chi connectivity index (χ0v) is 8.95. The third kappa shape index (κ3) is 3.18. The molecule has 1 aromatic carbocycles. The number of benzene rings is 1. The molecule has 2 aromatic rings. The number of hydrazone groups is 1. The normalized spacial score (nSPS) is 10.7. The Balaban J connectivity index is 1.80. The summed E-state index contributed by atoms with van der Waals surface area (Å²) >= 11 is 1.57. The van der Waals surface area contributed by atoms with Gasteiger partial charge in [0, 0.05) is 11.6 Å². The van der Waals surface area contributed by atoms with E-state index < -0.39 is 0 Å². The van der Waals surface area contributed by atoms with E-state index in [0.29, 0.717) is 0 Å². The predicted molar refractivity (Wildman–Crippen MR) is 63.0 cm³/mol. The van der Waals surface area contributed by atoms with E-state index in [1.807, 2.05) is 23.6 Å². The SMILES string of the molecule is C(=NNCc1ccccc1)c1nccs1. The first-order valence-electron chi connectivity index (χ1n) is 4.64. The number of hydrogen-bond donors (Lipinski definition) is 1. The molecule has 0 amide bonds. The van der Waals surface area contributed by atoms with Crippen LogP contribution < -0.4 is 5.43 Å². The fourth-order valence-corrected chi connectivity index (χ4v) is 1.63. The summed E-state index contributed by atoms with van der Waals surface area (Å²) in [6.07, 6.45) is 3.50. The third-order valence-corrected chi connectivity index (χ3v) is 2.55. The maximum atomic E-state index is 4.09. The van der Waals surface area contributed by atoms with Gasteiger partial charge in [-0.2, -0.15) is 5.10 Å². The first-order valence-corrected chi connectivity index (χ1v) is 5.52. The van der Waals surface area contributed by atoms with Crippen molar-refractivity contribution in [1.82, 2.24) is 10.4 Å². The Hall–Kier alpha value is -1.68. The molecule has 0 aliphatic carbocycles. The Labute approximate surface area is 92.5 Å². The zero-order valence-electron chi connectivity index (χ0n) is 8.13. The van der Waals surface area contributed by atoms with Gasteiger partial charge in [0.05, 0.1) is 12.8 Å². The molecule has 76 valence electrons. The summed E-state index contributed by atoms with van der Waals surface area (Å²) in [5.74, 6) is 0. The summed E-state index contributed by atoms with van der Waals surface area (Å²) in [7, 11) is 0. The molecular weight excluding hydrogens is 206 g/mol. The molecular formula is C11H11N3S. The standard InChI is InChI=1S/C11H11N3S/c1-2-4-10(5-3-1)8-13-14-9-11-12-6-7-15-11/h1-7,9,13H,8H2. The van der Waals surface area contributed by atoms with Crippen LogP contribution >= 0.6 is 11.3 Å². The van der Waals surface area contributed by atoms with Crippen molar-refractivity contribution in [3.05, 3.63) is 52.5 Å². The maximum Gasteiger partial charge on any atom is 0.136 e. The van der Waals surface area contributed by atoms with Crippen LogP contribution in [0.1, 0.15) is 10.6 Å². The highest BCUT2D eigenvalue weighted by atomic mass is 32.1. The van der Waals surface area contributed by atoms with Crippen LogP contribution in [0.2, 0.25) is 0 Å². The second-order valence-corrected chi connectivity index (χ2v) is 3.88. The average Bonchev–Trinajstić information content (AvgIpc) is 2.79. The van der Waals surface area contributed by atoms with Crippen LogP contribution in [-0.2, 0) is 6.54 Å².